The van der Waals surface area contributed by atoms with Crippen LogP contribution in [0.3, 0.4) is 0 Å². The first-order valence-electron chi connectivity index (χ1n) is 17.2. The highest BCUT2D eigenvalue weighted by atomic mass is 79.9. The van der Waals surface area contributed by atoms with E-state index in [4.69, 9.17) is 0 Å². The van der Waals surface area contributed by atoms with Crippen molar-refractivity contribution in [1.82, 2.24) is 34.5 Å². The van der Waals surface area contributed by atoms with Crippen LogP contribution in [0.5, 0.6) is 5.75 Å². The number of carbonyl (C=O) groups excluding carboxylic acids is 2. The van der Waals surface area contributed by atoms with Gasteiger partial charge < -0.3 is 30.1 Å². The first kappa shape index (κ1) is 37.4. The smallest absolute Gasteiger partial charge is 0.416 e. The largest absolute Gasteiger partial charge is 0.506 e. The molecule has 1 atom stereocenters. The number of rotatable bonds is 7. The predicted molar refractivity (Wildman–Crippen MR) is 194 cm³/mol. The van der Waals surface area contributed by atoms with E-state index < -0.39 is 23.5 Å². The van der Waals surface area contributed by atoms with Gasteiger partial charge in [0, 0.05) is 69.5 Å². The molecule has 1 aromatic heterocycles. The number of piperazine rings is 1. The number of nitrogens with one attached hydrogen (secondary N) is 2. The summed E-state index contributed by atoms with van der Waals surface area (Å²) >= 11 is 6.73. The van der Waals surface area contributed by atoms with Crippen LogP contribution in [0.25, 0.3) is 11.3 Å². The molecule has 0 radical (unpaired) electrons. The zero-order valence-electron chi connectivity index (χ0n) is 28.3. The number of aromatic nitrogens is 2. The minimum Gasteiger partial charge on any atom is -0.506 e. The number of carbonyl (C=O) groups is 2. The third-order valence-corrected chi connectivity index (χ3v) is 11.5. The van der Waals surface area contributed by atoms with Gasteiger partial charge in [0.1, 0.15) is 11.8 Å². The number of hydrogen-bond acceptors (Lipinski definition) is 6. The third-order valence-electron chi connectivity index (χ3n) is 10.3. The third kappa shape index (κ3) is 8.83. The summed E-state index contributed by atoms with van der Waals surface area (Å²) in [6.07, 6.45) is 0.360. The Bertz CT molecular complexity index is 1750. The molecule has 0 unspecified atom stereocenters. The lowest BCUT2D eigenvalue weighted by Crippen LogP contribution is -2.59. The lowest BCUT2D eigenvalue weighted by molar-refractivity contribution is -0.137. The Balaban J connectivity index is 1.10. The summed E-state index contributed by atoms with van der Waals surface area (Å²) in [6.45, 7) is 5.46. The van der Waals surface area contributed by atoms with E-state index in [0.717, 1.165) is 56.7 Å². The van der Waals surface area contributed by atoms with Crippen molar-refractivity contribution in [3.63, 3.8) is 0 Å². The molecule has 4 heterocycles. The van der Waals surface area contributed by atoms with Gasteiger partial charge >= 0.3 is 17.9 Å². The minimum absolute atomic E-state index is 0.0436. The summed E-state index contributed by atoms with van der Waals surface area (Å²) in [5.41, 5.74) is 0.0529. The average molecular weight is 842 g/mol. The molecule has 3 fully saturated rings. The van der Waals surface area contributed by atoms with E-state index in [1.165, 1.54) is 22.9 Å². The number of phenols is 1. The number of phenolic OH excluding ortho intramolecular Hbond substituents is 1. The van der Waals surface area contributed by atoms with Crippen molar-refractivity contribution in [1.29, 1.82) is 0 Å². The standard InChI is InChI=1S/C35H42Br2F3N7O4/c1-43-9-5-25(6-10-43)44-13-15-45(16-14-44)32(49)29(19-22-17-27(36)31(48)28(37)18-22)41-33(50)46-11-7-26(8-12-46)47-21-30(42-34(47)51)23-3-2-4-24(20-23)35(38,39)40/h2-4,17-18,20-21,25-26,29,48H,5-16,19H2,1H3,(H,41,50)(H,42,51)/t29-/m1/s1. The number of imidazole rings is 1. The van der Waals surface area contributed by atoms with Crippen molar-refractivity contribution in [2.75, 3.05) is 59.4 Å². The van der Waals surface area contributed by atoms with Gasteiger partial charge in [0.15, 0.2) is 0 Å². The summed E-state index contributed by atoms with van der Waals surface area (Å²) in [4.78, 5) is 51.5. The summed E-state index contributed by atoms with van der Waals surface area (Å²) < 4.78 is 42.2. The Morgan fingerprint density at radius 3 is 2.18 bits per heavy atom. The molecule has 16 heteroatoms. The Morgan fingerprint density at radius 2 is 1.55 bits per heavy atom. The molecule has 2 aromatic carbocycles. The number of hydrogen-bond donors (Lipinski definition) is 3. The van der Waals surface area contributed by atoms with Crippen LogP contribution in [0, 0.1) is 0 Å². The van der Waals surface area contributed by atoms with Crippen LogP contribution in [0.2, 0.25) is 0 Å². The maximum Gasteiger partial charge on any atom is 0.416 e. The maximum atomic E-state index is 14.0. The first-order valence-corrected chi connectivity index (χ1v) is 18.8. The van der Waals surface area contributed by atoms with E-state index in [-0.39, 0.29) is 41.4 Å². The van der Waals surface area contributed by atoms with Crippen molar-refractivity contribution >= 4 is 43.8 Å². The highest BCUT2D eigenvalue weighted by Gasteiger charge is 2.34. The summed E-state index contributed by atoms with van der Waals surface area (Å²) in [7, 11) is 2.14. The topological polar surface area (TPSA) is 117 Å². The quantitative estimate of drug-likeness (QED) is 0.298. The lowest BCUT2D eigenvalue weighted by Gasteiger charge is -2.43. The van der Waals surface area contributed by atoms with Gasteiger partial charge in [-0.25, -0.2) is 9.59 Å². The highest BCUT2D eigenvalue weighted by Crippen LogP contribution is 2.34. The molecule has 276 valence electrons. The molecular formula is C35H42Br2F3N7O4. The van der Waals surface area contributed by atoms with Gasteiger partial charge in [-0.3, -0.25) is 14.3 Å². The molecule has 3 aliphatic heterocycles. The first-order chi connectivity index (χ1) is 24.3. The number of piperidine rings is 2. The van der Waals surface area contributed by atoms with E-state index in [9.17, 15) is 32.7 Å². The molecular weight excluding hydrogens is 799 g/mol. The number of alkyl halides is 3. The number of aromatic amines is 1. The fourth-order valence-electron chi connectivity index (χ4n) is 7.34. The Labute approximate surface area is 311 Å². The SMILES string of the molecule is CN1CCC(N2CCN(C(=O)[C@@H](Cc3cc(Br)c(O)c(Br)c3)NC(=O)N3CCC(n4cc(-c5cccc(C(F)(F)F)c5)[nH]c4=O)CC3)CC2)CC1. The Kier molecular flexibility index (Phi) is 11.5. The molecule has 0 aliphatic carbocycles. The van der Waals surface area contributed by atoms with Gasteiger partial charge in [-0.1, -0.05) is 12.1 Å². The van der Waals surface area contributed by atoms with Crippen LogP contribution in [0.15, 0.2) is 56.3 Å². The zero-order chi connectivity index (χ0) is 36.4. The molecule has 6 rings (SSSR count). The summed E-state index contributed by atoms with van der Waals surface area (Å²) in [6, 6.07) is 7.29. The lowest BCUT2D eigenvalue weighted by atomic mass is 10.0. The Morgan fingerprint density at radius 1 is 0.922 bits per heavy atom. The van der Waals surface area contributed by atoms with Crippen molar-refractivity contribution in [2.24, 2.45) is 0 Å². The molecule has 3 saturated heterocycles. The van der Waals surface area contributed by atoms with Gasteiger partial charge in [-0.05, 0) is 108 Å². The minimum atomic E-state index is -4.51. The molecule has 3 aromatic rings. The number of benzene rings is 2. The number of aromatic hydroxyl groups is 1. The second-order valence-electron chi connectivity index (χ2n) is 13.7. The number of urea groups is 1. The summed E-state index contributed by atoms with van der Waals surface area (Å²) in [5.74, 6) is -0.121. The number of H-pyrrole nitrogens is 1. The van der Waals surface area contributed by atoms with Gasteiger partial charge in [0.05, 0.1) is 20.2 Å². The maximum absolute atomic E-state index is 14.0. The number of nitrogens with zero attached hydrogens (tertiary/aromatic N) is 5. The van der Waals surface area contributed by atoms with E-state index in [2.05, 4.69) is 59.0 Å². The number of halogens is 5. The predicted octanol–water partition coefficient (Wildman–Crippen LogP) is 5.29. The zero-order valence-corrected chi connectivity index (χ0v) is 31.4. The average Bonchev–Trinajstić information content (AvgIpc) is 3.51. The van der Waals surface area contributed by atoms with Gasteiger partial charge in [-0.15, -0.1) is 0 Å². The molecule has 0 spiro atoms. The van der Waals surface area contributed by atoms with Crippen LogP contribution < -0.4 is 11.0 Å². The van der Waals surface area contributed by atoms with Gasteiger partial charge in [0.25, 0.3) is 0 Å². The number of amides is 3. The fourth-order valence-corrected chi connectivity index (χ4v) is 8.62. The highest BCUT2D eigenvalue weighted by molar-refractivity contribution is 9.11. The van der Waals surface area contributed by atoms with Gasteiger partial charge in [-0.2, -0.15) is 13.2 Å². The molecule has 3 amide bonds. The second kappa shape index (κ2) is 15.7. The number of likely N-dealkylation sites (tertiary alicyclic amines) is 2. The van der Waals surface area contributed by atoms with E-state index >= 15 is 0 Å². The van der Waals surface area contributed by atoms with Crippen molar-refractivity contribution < 1.29 is 27.9 Å². The molecule has 11 nitrogen and oxygen atoms in total. The van der Waals surface area contributed by atoms with Crippen molar-refractivity contribution in [3.8, 4) is 17.0 Å². The molecule has 0 bridgehead atoms. The Hall–Kier alpha value is -3.34. The van der Waals surface area contributed by atoms with E-state index in [1.54, 1.807) is 17.0 Å². The molecule has 3 N–H and O–H groups in total. The van der Waals surface area contributed by atoms with Crippen molar-refractivity contribution in [2.45, 2.75) is 56.4 Å². The van der Waals surface area contributed by atoms with Crippen molar-refractivity contribution in [3.05, 3.63) is 73.2 Å². The normalized spacial score (nSPS) is 19.3. The molecule has 0 saturated carbocycles. The van der Waals surface area contributed by atoms with Crippen LogP contribution in [0.4, 0.5) is 18.0 Å². The van der Waals surface area contributed by atoms with Crippen LogP contribution in [-0.2, 0) is 17.4 Å². The van der Waals surface area contributed by atoms with E-state index in [1.807, 2.05) is 4.90 Å². The van der Waals surface area contributed by atoms with Crippen LogP contribution >= 0.6 is 31.9 Å². The molecule has 51 heavy (non-hydrogen) atoms. The van der Waals surface area contributed by atoms with Gasteiger partial charge in [0.2, 0.25) is 5.91 Å². The summed E-state index contributed by atoms with van der Waals surface area (Å²) in [5, 5.41) is 13.2. The monoisotopic (exact) mass is 839 g/mol. The van der Waals surface area contributed by atoms with Crippen LogP contribution in [-0.4, -0.2) is 118 Å². The fraction of sp³-hybridized carbons (Fsp3) is 0.514. The van der Waals surface area contributed by atoms with E-state index in [0.29, 0.717) is 54.0 Å². The second-order valence-corrected chi connectivity index (χ2v) is 15.4. The molecule has 3 aliphatic rings. The van der Waals surface area contributed by atoms with Crippen LogP contribution in [0.1, 0.15) is 42.9 Å².